The lowest BCUT2D eigenvalue weighted by Crippen LogP contribution is -2.42. The van der Waals surface area contributed by atoms with Gasteiger partial charge in [-0.25, -0.2) is 14.3 Å². The van der Waals surface area contributed by atoms with Gasteiger partial charge >= 0.3 is 0 Å². The normalized spacial score (nSPS) is 18.1. The number of carbonyl (C=O) groups is 2. The number of fused-ring (bicyclic) bond motifs is 3. The summed E-state index contributed by atoms with van der Waals surface area (Å²) in [5.41, 5.74) is 2.37. The predicted octanol–water partition coefficient (Wildman–Crippen LogP) is 4.02. The second-order valence-electron chi connectivity index (χ2n) is 7.45. The molecule has 0 fully saturated rings. The molecular weight excluding hydrogens is 415 g/mol. The highest BCUT2D eigenvalue weighted by Gasteiger charge is 2.41. The van der Waals surface area contributed by atoms with Crippen molar-refractivity contribution in [2.24, 2.45) is 9.98 Å². The number of carbonyl (C=O) groups excluding carboxylic acids is 2. The number of hydrogen-bond acceptors (Lipinski definition) is 5. The van der Waals surface area contributed by atoms with E-state index in [9.17, 15) is 14.0 Å². The molecule has 2 amide bonds. The number of rotatable bonds is 6. The van der Waals surface area contributed by atoms with Crippen LogP contribution in [0.15, 0.2) is 58.5 Å². The lowest BCUT2D eigenvalue weighted by Gasteiger charge is -2.26. The molecule has 0 saturated heterocycles. The van der Waals surface area contributed by atoms with Crippen LogP contribution in [0.25, 0.3) is 0 Å². The van der Waals surface area contributed by atoms with E-state index in [0.29, 0.717) is 24.0 Å². The van der Waals surface area contributed by atoms with Crippen molar-refractivity contribution in [2.75, 3.05) is 0 Å². The Morgan fingerprint density at radius 1 is 1.23 bits per heavy atom. The molecule has 31 heavy (non-hydrogen) atoms. The second-order valence-corrected chi connectivity index (χ2v) is 8.75. The minimum Gasteiger partial charge on any atom is -0.351 e. The maximum Gasteiger partial charge on any atom is 0.259 e. The molecule has 2 atom stereocenters. The molecule has 2 aromatic rings. The first kappa shape index (κ1) is 21.2. The average Bonchev–Trinajstić information content (AvgIpc) is 3.10. The Labute approximate surface area is 184 Å². The summed E-state index contributed by atoms with van der Waals surface area (Å²) in [4.78, 5) is 36.6. The highest BCUT2D eigenvalue weighted by atomic mass is 32.2. The van der Waals surface area contributed by atoms with E-state index in [1.165, 1.54) is 23.9 Å². The van der Waals surface area contributed by atoms with Gasteiger partial charge in [-0.1, -0.05) is 49.4 Å². The van der Waals surface area contributed by atoms with Crippen LogP contribution in [-0.2, 0) is 16.1 Å². The zero-order chi connectivity index (χ0) is 22.0. The minimum absolute atomic E-state index is 0.100. The average molecular weight is 439 g/mol. The van der Waals surface area contributed by atoms with Gasteiger partial charge in [0.1, 0.15) is 17.7 Å². The summed E-state index contributed by atoms with van der Waals surface area (Å²) in [5, 5.41) is 2.84. The molecule has 160 valence electrons. The van der Waals surface area contributed by atoms with Gasteiger partial charge in [0.25, 0.3) is 5.91 Å². The van der Waals surface area contributed by atoms with Crippen LogP contribution in [0, 0.1) is 5.82 Å². The van der Waals surface area contributed by atoms with Crippen molar-refractivity contribution in [3.63, 3.8) is 0 Å². The van der Waals surface area contributed by atoms with E-state index in [1.54, 1.807) is 24.0 Å². The SMILES string of the molecule is CCC[C@@H]1N=C2c3ccccc3N=C(S[C@H](C)C(=O)NCc3ccc(F)cc3)N2C1=O. The van der Waals surface area contributed by atoms with Gasteiger partial charge in [0.2, 0.25) is 5.91 Å². The Morgan fingerprint density at radius 3 is 2.71 bits per heavy atom. The second kappa shape index (κ2) is 9.01. The fourth-order valence-corrected chi connectivity index (χ4v) is 4.43. The van der Waals surface area contributed by atoms with E-state index >= 15 is 0 Å². The number of nitrogens with zero attached hydrogens (tertiary/aromatic N) is 3. The van der Waals surface area contributed by atoms with Crippen LogP contribution in [0.1, 0.15) is 37.8 Å². The highest BCUT2D eigenvalue weighted by molar-refractivity contribution is 8.15. The summed E-state index contributed by atoms with van der Waals surface area (Å²) in [5.74, 6) is 0.00170. The lowest BCUT2D eigenvalue weighted by atomic mass is 10.1. The quantitative estimate of drug-likeness (QED) is 0.740. The fourth-order valence-electron chi connectivity index (χ4n) is 3.49. The number of para-hydroxylation sites is 1. The van der Waals surface area contributed by atoms with Crippen LogP contribution < -0.4 is 5.32 Å². The summed E-state index contributed by atoms with van der Waals surface area (Å²) in [6, 6.07) is 13.2. The molecule has 1 N–H and O–H groups in total. The van der Waals surface area contributed by atoms with E-state index in [-0.39, 0.29) is 17.6 Å². The Hall–Kier alpha value is -3.00. The molecule has 8 heteroatoms. The van der Waals surface area contributed by atoms with Gasteiger partial charge in [0.05, 0.1) is 10.9 Å². The van der Waals surface area contributed by atoms with Crippen LogP contribution in [0.2, 0.25) is 0 Å². The molecule has 4 rings (SSSR count). The molecule has 0 unspecified atom stereocenters. The molecule has 0 aromatic heterocycles. The number of nitrogens with one attached hydrogen (secondary N) is 1. The maximum absolute atomic E-state index is 13.0. The monoisotopic (exact) mass is 438 g/mol. The Morgan fingerprint density at radius 2 is 1.97 bits per heavy atom. The van der Waals surface area contributed by atoms with Gasteiger partial charge in [-0.05, 0) is 43.2 Å². The largest absolute Gasteiger partial charge is 0.351 e. The molecule has 0 saturated carbocycles. The first-order valence-corrected chi connectivity index (χ1v) is 11.1. The first-order valence-electron chi connectivity index (χ1n) is 10.3. The summed E-state index contributed by atoms with van der Waals surface area (Å²) in [6.07, 6.45) is 1.52. The zero-order valence-electron chi connectivity index (χ0n) is 17.3. The molecule has 2 aliphatic rings. The predicted molar refractivity (Wildman–Crippen MR) is 121 cm³/mol. The van der Waals surface area contributed by atoms with Gasteiger partial charge in [-0.3, -0.25) is 14.6 Å². The van der Waals surface area contributed by atoms with E-state index in [0.717, 1.165) is 23.2 Å². The van der Waals surface area contributed by atoms with Gasteiger partial charge in [0.15, 0.2) is 5.17 Å². The molecule has 0 spiro atoms. The van der Waals surface area contributed by atoms with Crippen molar-refractivity contribution in [3.8, 4) is 0 Å². The molecular formula is C23H23FN4O2S. The van der Waals surface area contributed by atoms with Gasteiger partial charge in [-0.15, -0.1) is 0 Å². The Bertz CT molecular complexity index is 1070. The molecule has 2 aromatic carbocycles. The summed E-state index contributed by atoms with van der Waals surface area (Å²) in [7, 11) is 0. The standard InChI is InChI=1S/C23H23FN4O2S/c1-3-6-19-22(30)28-20(26-19)17-7-4-5-8-18(17)27-23(28)31-14(2)21(29)25-13-15-9-11-16(24)12-10-15/h4-5,7-12,14,19H,3,6,13H2,1-2H3,(H,25,29)/t14-,19+/m1/s1. The fraction of sp³-hybridized carbons (Fsp3) is 0.304. The number of thioether (sulfide) groups is 1. The zero-order valence-corrected chi connectivity index (χ0v) is 18.2. The van der Waals surface area contributed by atoms with Gasteiger partial charge < -0.3 is 5.32 Å². The van der Waals surface area contributed by atoms with Crippen LogP contribution in [0.5, 0.6) is 0 Å². The number of aliphatic imine (C=N–C) groups is 2. The smallest absolute Gasteiger partial charge is 0.259 e. The summed E-state index contributed by atoms with van der Waals surface area (Å²) in [6.45, 7) is 4.10. The van der Waals surface area contributed by atoms with E-state index in [1.807, 2.05) is 31.2 Å². The maximum atomic E-state index is 13.0. The van der Waals surface area contributed by atoms with Crippen molar-refractivity contribution in [1.82, 2.24) is 10.2 Å². The Kier molecular flexibility index (Phi) is 6.18. The van der Waals surface area contributed by atoms with Crippen LogP contribution in [0.3, 0.4) is 0 Å². The number of hydrogen-bond donors (Lipinski definition) is 1. The topological polar surface area (TPSA) is 74.1 Å². The third kappa shape index (κ3) is 4.39. The van der Waals surface area contributed by atoms with Crippen molar-refractivity contribution >= 4 is 40.3 Å². The Balaban J connectivity index is 1.51. The summed E-state index contributed by atoms with van der Waals surface area (Å²) >= 11 is 1.23. The third-order valence-corrected chi connectivity index (χ3v) is 6.19. The van der Waals surface area contributed by atoms with E-state index in [2.05, 4.69) is 15.3 Å². The van der Waals surface area contributed by atoms with Crippen LogP contribution in [0.4, 0.5) is 10.1 Å². The van der Waals surface area contributed by atoms with Crippen molar-refractivity contribution < 1.29 is 14.0 Å². The molecule has 0 radical (unpaired) electrons. The number of amides is 2. The van der Waals surface area contributed by atoms with E-state index < -0.39 is 11.3 Å². The molecule has 0 aliphatic carbocycles. The highest BCUT2D eigenvalue weighted by Crippen LogP contribution is 2.35. The third-order valence-electron chi connectivity index (χ3n) is 5.14. The first-order chi connectivity index (χ1) is 15.0. The minimum atomic E-state index is -0.483. The molecule has 0 bridgehead atoms. The van der Waals surface area contributed by atoms with Gasteiger partial charge in [-0.2, -0.15) is 0 Å². The number of halogens is 1. The molecule has 2 aliphatic heterocycles. The molecule has 2 heterocycles. The van der Waals surface area contributed by atoms with Crippen LogP contribution in [-0.4, -0.2) is 39.0 Å². The van der Waals surface area contributed by atoms with E-state index in [4.69, 9.17) is 0 Å². The van der Waals surface area contributed by atoms with Crippen molar-refractivity contribution in [3.05, 3.63) is 65.5 Å². The number of amidine groups is 2. The number of benzene rings is 2. The van der Waals surface area contributed by atoms with Crippen molar-refractivity contribution in [2.45, 2.75) is 44.5 Å². The van der Waals surface area contributed by atoms with Crippen LogP contribution >= 0.6 is 11.8 Å². The van der Waals surface area contributed by atoms with Crippen molar-refractivity contribution in [1.29, 1.82) is 0 Å². The lowest BCUT2D eigenvalue weighted by molar-refractivity contribution is -0.124. The molecule has 6 nitrogen and oxygen atoms in total. The summed E-state index contributed by atoms with van der Waals surface area (Å²) < 4.78 is 13.0. The van der Waals surface area contributed by atoms with Gasteiger partial charge in [0, 0.05) is 12.1 Å².